The molecule has 0 amide bonds. The second-order valence-electron chi connectivity index (χ2n) is 11.7. The zero-order valence-corrected chi connectivity index (χ0v) is 24.8. The molecular weight excluding hydrogens is 638 g/mol. The van der Waals surface area contributed by atoms with Crippen molar-refractivity contribution >= 4 is 23.1 Å². The van der Waals surface area contributed by atoms with E-state index in [2.05, 4.69) is 9.97 Å². The number of oxazole rings is 2. The molecule has 2 aliphatic heterocycles. The maximum Gasteiger partial charge on any atom is 0.246 e. The van der Waals surface area contributed by atoms with E-state index in [1.165, 1.54) is 0 Å². The fourth-order valence-electron chi connectivity index (χ4n) is 6.41. The minimum absolute atomic E-state index is 0.0605. The number of allylic oxidation sites excluding steroid dienone is 4. The van der Waals surface area contributed by atoms with Crippen LogP contribution in [-0.4, -0.2) is 80.3 Å². The van der Waals surface area contributed by atoms with Crippen molar-refractivity contribution in [1.29, 1.82) is 0 Å². The van der Waals surface area contributed by atoms with Gasteiger partial charge in [-0.1, -0.05) is 0 Å². The number of aromatic nitrogens is 2. The van der Waals surface area contributed by atoms with Gasteiger partial charge in [-0.25, -0.2) is 27.5 Å². The molecule has 2 aromatic carbocycles. The number of fused-ring (bicyclic) bond motifs is 2. The number of hydrogen-bond acceptors (Lipinski definition) is 11. The van der Waals surface area contributed by atoms with Crippen molar-refractivity contribution in [2.45, 2.75) is 25.2 Å². The molecule has 2 saturated heterocycles. The molecule has 2 unspecified atom stereocenters. The average molecular weight is 660 g/mol. The minimum atomic E-state index is -0.879. The third kappa shape index (κ3) is 4.60. The minimum Gasteiger partial charge on any atom is -0.432 e. The van der Waals surface area contributed by atoms with Gasteiger partial charge in [0.25, 0.3) is 0 Å². The van der Waals surface area contributed by atoms with Crippen LogP contribution in [0.4, 0.5) is 17.6 Å². The van der Waals surface area contributed by atoms with Crippen molar-refractivity contribution in [2.75, 3.05) is 20.1 Å². The fraction of sp³-hybridized carbons (Fsp3) is 0.212. The van der Waals surface area contributed by atoms with Crippen LogP contribution in [-0.2, 0) is 0 Å². The topological polar surface area (TPSA) is 130 Å². The molecule has 2 aromatic heterocycles. The van der Waals surface area contributed by atoms with Crippen molar-refractivity contribution in [3.05, 3.63) is 106 Å². The normalized spacial score (nSPS) is 20.4. The van der Waals surface area contributed by atoms with Crippen LogP contribution < -0.4 is 0 Å². The summed E-state index contributed by atoms with van der Waals surface area (Å²) in [5.41, 5.74) is -0.543. The third-order valence-electron chi connectivity index (χ3n) is 8.89. The van der Waals surface area contributed by atoms with E-state index >= 15 is 0 Å². The van der Waals surface area contributed by atoms with Crippen LogP contribution in [0.25, 0.3) is 22.9 Å². The highest BCUT2D eigenvalue weighted by Crippen LogP contribution is 2.38. The fourth-order valence-corrected chi connectivity index (χ4v) is 6.41. The Bertz CT molecular complexity index is 2000. The Kier molecular flexibility index (Phi) is 6.60. The van der Waals surface area contributed by atoms with Crippen LogP contribution >= 0.6 is 0 Å². The first-order chi connectivity index (χ1) is 23.0. The highest BCUT2D eigenvalue weighted by Gasteiger charge is 2.47. The second-order valence-corrected chi connectivity index (χ2v) is 11.7. The first-order valence-corrected chi connectivity index (χ1v) is 14.8. The number of hydrogen-bond donors (Lipinski definition) is 0. The summed E-state index contributed by atoms with van der Waals surface area (Å²) in [6.07, 6.45) is 2.74. The number of benzene rings is 2. The van der Waals surface area contributed by atoms with Gasteiger partial charge in [0.05, 0.1) is 23.7 Å². The van der Waals surface area contributed by atoms with Crippen LogP contribution in [0.2, 0.25) is 0 Å². The zero-order valence-electron chi connectivity index (χ0n) is 24.8. The standard InChI is InChI=1S/C33H21F4N5O6/c1-40(24-2-4-41(24)20-12-22(43)26-30(28(20)45)47-32(38-26)14-6-16(34)10-17(35)7-14)25-3-5-42(25)21-13-23(44)27-31(29(21)46)48-33(39-27)15-8-18(36)11-19(37)9-15/h6-13,24-25H,2-5H2,1H3. The number of halogens is 4. The van der Waals surface area contributed by atoms with Crippen molar-refractivity contribution in [1.82, 2.24) is 24.7 Å². The Balaban J connectivity index is 1.01. The molecular formula is C33H21F4N5O6. The van der Waals surface area contributed by atoms with Crippen molar-refractivity contribution in [2.24, 2.45) is 0 Å². The van der Waals surface area contributed by atoms with Gasteiger partial charge in [0, 0.05) is 48.5 Å². The molecule has 0 saturated carbocycles. The van der Waals surface area contributed by atoms with Crippen LogP contribution in [0.1, 0.15) is 54.9 Å². The van der Waals surface area contributed by atoms with Gasteiger partial charge in [0.15, 0.2) is 11.4 Å². The van der Waals surface area contributed by atoms with Crippen LogP contribution in [0.5, 0.6) is 0 Å². The predicted molar refractivity (Wildman–Crippen MR) is 155 cm³/mol. The summed E-state index contributed by atoms with van der Waals surface area (Å²) in [4.78, 5) is 66.5. The molecule has 2 aliphatic carbocycles. The van der Waals surface area contributed by atoms with Gasteiger partial charge in [-0.3, -0.25) is 24.1 Å². The SMILES string of the molecule is CN(C1CCN1C1=CC(=O)c2nc(-c3cc(F)cc(F)c3)oc2C1=O)C1CCN1C1=CC(=O)c2nc(-c3cc(F)cc(F)c3)oc2C1=O. The van der Waals surface area contributed by atoms with E-state index < -0.39 is 46.4 Å². The van der Waals surface area contributed by atoms with E-state index in [1.807, 2.05) is 4.90 Å². The summed E-state index contributed by atoms with van der Waals surface area (Å²) >= 11 is 0. The molecule has 0 N–H and O–H groups in total. The molecule has 4 heterocycles. The summed E-state index contributed by atoms with van der Waals surface area (Å²) < 4.78 is 66.3. The highest BCUT2D eigenvalue weighted by molar-refractivity contribution is 6.23. The van der Waals surface area contributed by atoms with Crippen molar-refractivity contribution in [3.63, 3.8) is 0 Å². The summed E-state index contributed by atoms with van der Waals surface area (Å²) in [5, 5.41) is 0. The van der Waals surface area contributed by atoms with E-state index in [4.69, 9.17) is 8.83 Å². The van der Waals surface area contributed by atoms with Gasteiger partial charge in [-0.05, 0) is 44.2 Å². The molecule has 0 spiro atoms. The Morgan fingerprint density at radius 2 is 1.02 bits per heavy atom. The first kappa shape index (κ1) is 29.7. The maximum absolute atomic E-state index is 13.8. The predicted octanol–water partition coefficient (Wildman–Crippen LogP) is 4.77. The van der Waals surface area contributed by atoms with E-state index in [9.17, 15) is 36.7 Å². The lowest BCUT2D eigenvalue weighted by Crippen LogP contribution is -2.66. The summed E-state index contributed by atoms with van der Waals surface area (Å²) in [6, 6.07) is 5.24. The largest absolute Gasteiger partial charge is 0.432 e. The molecule has 8 rings (SSSR count). The first-order valence-electron chi connectivity index (χ1n) is 14.8. The zero-order chi connectivity index (χ0) is 33.6. The third-order valence-corrected chi connectivity index (χ3v) is 8.89. The lowest BCUT2D eigenvalue weighted by atomic mass is 9.95. The van der Waals surface area contributed by atoms with E-state index in [1.54, 1.807) is 16.8 Å². The Labute approximate surface area is 267 Å². The van der Waals surface area contributed by atoms with Crippen LogP contribution in [0.15, 0.2) is 68.8 Å². The van der Waals surface area contributed by atoms with Crippen LogP contribution in [0, 0.1) is 23.3 Å². The van der Waals surface area contributed by atoms with E-state index in [-0.39, 0.29) is 69.5 Å². The molecule has 15 heteroatoms. The molecule has 2 atom stereocenters. The lowest BCUT2D eigenvalue weighted by Gasteiger charge is -2.56. The van der Waals surface area contributed by atoms with Gasteiger partial charge in [-0.15, -0.1) is 0 Å². The Morgan fingerprint density at radius 1 is 0.646 bits per heavy atom. The van der Waals surface area contributed by atoms with Gasteiger partial charge >= 0.3 is 0 Å². The quantitative estimate of drug-likeness (QED) is 0.265. The number of likely N-dealkylation sites (tertiary alicyclic amines) is 2. The second kappa shape index (κ2) is 10.7. The Morgan fingerprint density at radius 3 is 1.35 bits per heavy atom. The molecule has 4 aliphatic rings. The molecule has 242 valence electrons. The Hall–Kier alpha value is -5.70. The summed E-state index contributed by atoms with van der Waals surface area (Å²) in [5.74, 6) is -7.19. The molecule has 2 fully saturated rings. The monoisotopic (exact) mass is 659 g/mol. The van der Waals surface area contributed by atoms with E-state index in [0.29, 0.717) is 38.1 Å². The van der Waals surface area contributed by atoms with Gasteiger partial charge in [0.1, 0.15) is 23.3 Å². The number of nitrogens with zero attached hydrogens (tertiary/aromatic N) is 5. The average Bonchev–Trinajstić information content (AvgIpc) is 3.63. The number of carbonyl (C=O) groups is 4. The molecule has 11 nitrogen and oxygen atoms in total. The van der Waals surface area contributed by atoms with Gasteiger partial charge < -0.3 is 18.6 Å². The number of rotatable bonds is 6. The van der Waals surface area contributed by atoms with Gasteiger partial charge in [0.2, 0.25) is 46.4 Å². The summed E-state index contributed by atoms with van der Waals surface area (Å²) in [6.45, 7) is 0.839. The van der Waals surface area contributed by atoms with E-state index in [0.717, 1.165) is 36.4 Å². The molecule has 48 heavy (non-hydrogen) atoms. The number of carbonyl (C=O) groups excluding carboxylic acids is 4. The molecule has 4 aromatic rings. The molecule has 0 radical (unpaired) electrons. The maximum atomic E-state index is 13.8. The lowest BCUT2D eigenvalue weighted by molar-refractivity contribution is -0.0904. The smallest absolute Gasteiger partial charge is 0.246 e. The van der Waals surface area contributed by atoms with Crippen molar-refractivity contribution < 1.29 is 45.6 Å². The molecule has 0 bridgehead atoms. The number of Topliss-reactive ketones (excluding diaryl/α,β-unsaturated/α-hetero) is 2. The van der Waals surface area contributed by atoms with Crippen LogP contribution in [0.3, 0.4) is 0 Å². The number of ketones is 4. The summed E-state index contributed by atoms with van der Waals surface area (Å²) in [7, 11) is 1.78. The van der Waals surface area contributed by atoms with Gasteiger partial charge in [-0.2, -0.15) is 0 Å². The highest BCUT2D eigenvalue weighted by atomic mass is 19.1. The van der Waals surface area contributed by atoms with Crippen molar-refractivity contribution in [3.8, 4) is 22.9 Å².